The Morgan fingerprint density at radius 1 is 1.15 bits per heavy atom. The lowest BCUT2D eigenvalue weighted by Gasteiger charge is -2.37. The Morgan fingerprint density at radius 3 is 2.45 bits per heavy atom. The maximum atomic E-state index is 12.7. The molecule has 0 amide bonds. The number of hydrogen-bond acceptors (Lipinski definition) is 7. The molecule has 4 N–H and O–H groups in total. The van der Waals surface area contributed by atoms with Crippen LogP contribution in [0.3, 0.4) is 0 Å². The topological polar surface area (TPSA) is 149 Å². The van der Waals surface area contributed by atoms with E-state index in [4.69, 9.17) is 33.7 Å². The smallest absolute Gasteiger partial charge is 0.349 e. The van der Waals surface area contributed by atoms with Gasteiger partial charge >= 0.3 is 5.69 Å². The van der Waals surface area contributed by atoms with E-state index in [0.29, 0.717) is 12.0 Å². The van der Waals surface area contributed by atoms with Gasteiger partial charge in [0.2, 0.25) is 11.7 Å². The van der Waals surface area contributed by atoms with Gasteiger partial charge in [0, 0.05) is 16.5 Å². The van der Waals surface area contributed by atoms with Gasteiger partial charge < -0.3 is 10.5 Å². The quantitative estimate of drug-likeness (QED) is 0.495. The summed E-state index contributed by atoms with van der Waals surface area (Å²) in [6.07, 6.45) is 4.11. The van der Waals surface area contributed by atoms with Crippen molar-refractivity contribution in [3.8, 4) is 17.3 Å². The molecule has 3 aromatic rings. The van der Waals surface area contributed by atoms with Gasteiger partial charge in [0.1, 0.15) is 0 Å². The normalized spacial score (nSPS) is 14.7. The predicted molar refractivity (Wildman–Crippen MR) is 125 cm³/mol. The van der Waals surface area contributed by atoms with Crippen LogP contribution in [0.5, 0.6) is 11.6 Å². The summed E-state index contributed by atoms with van der Waals surface area (Å²) in [4.78, 5) is 38.4. The van der Waals surface area contributed by atoms with Gasteiger partial charge in [-0.15, -0.1) is 10.2 Å². The molecule has 2 heterocycles. The van der Waals surface area contributed by atoms with E-state index in [-0.39, 0.29) is 44.2 Å². The zero-order chi connectivity index (χ0) is 23.9. The van der Waals surface area contributed by atoms with Crippen LogP contribution in [0.25, 0.3) is 5.69 Å². The first-order chi connectivity index (χ1) is 15.7. The lowest BCUT2D eigenvalue weighted by Crippen LogP contribution is -2.37. The Hall–Kier alpha value is -3.11. The fourth-order valence-electron chi connectivity index (χ4n) is 4.48. The van der Waals surface area contributed by atoms with E-state index in [9.17, 15) is 14.4 Å². The van der Waals surface area contributed by atoms with Crippen molar-refractivity contribution >= 4 is 29.0 Å². The summed E-state index contributed by atoms with van der Waals surface area (Å²) in [6, 6.07) is 2.80. The number of nitrogens with zero attached hydrogens (tertiary/aromatic N) is 3. The average Bonchev–Trinajstić information content (AvgIpc) is 2.79. The molecule has 0 fully saturated rings. The summed E-state index contributed by atoms with van der Waals surface area (Å²) in [5, 5.41) is 10.6. The molecular formula is C21H22Cl2N6O4. The molecule has 10 nitrogen and oxygen atoms in total. The molecule has 0 bridgehead atoms. The number of aromatic nitrogens is 5. The number of nitrogen functional groups attached to an aromatic ring is 1. The molecule has 0 aliphatic heterocycles. The van der Waals surface area contributed by atoms with Crippen molar-refractivity contribution in [1.82, 2.24) is 25.0 Å². The molecule has 0 atom stereocenters. The van der Waals surface area contributed by atoms with Crippen molar-refractivity contribution in [3.05, 3.63) is 64.5 Å². The van der Waals surface area contributed by atoms with E-state index in [1.165, 1.54) is 12.1 Å². The third-order valence-electron chi connectivity index (χ3n) is 6.29. The van der Waals surface area contributed by atoms with Crippen LogP contribution in [0.2, 0.25) is 10.0 Å². The predicted octanol–water partition coefficient (Wildman–Crippen LogP) is 3.08. The second-order valence-corrected chi connectivity index (χ2v) is 8.76. The van der Waals surface area contributed by atoms with Gasteiger partial charge in [-0.2, -0.15) is 4.68 Å². The van der Waals surface area contributed by atoms with Crippen LogP contribution in [0.15, 0.2) is 26.5 Å². The molecule has 0 unspecified atom stereocenters. The fraction of sp³-hybridized carbons (Fsp3) is 0.381. The zero-order valence-corrected chi connectivity index (χ0v) is 19.5. The molecule has 1 aliphatic rings. The van der Waals surface area contributed by atoms with Crippen LogP contribution < -0.4 is 27.3 Å². The molecule has 4 rings (SSSR count). The van der Waals surface area contributed by atoms with E-state index in [1.807, 2.05) is 0 Å². The number of ether oxygens (including phenoxy) is 1. The zero-order valence-electron chi connectivity index (χ0n) is 18.0. The fourth-order valence-corrected chi connectivity index (χ4v) is 5.04. The first-order valence-corrected chi connectivity index (χ1v) is 11.2. The number of hydrogen-bond donors (Lipinski definition) is 3. The van der Waals surface area contributed by atoms with Crippen molar-refractivity contribution in [1.29, 1.82) is 0 Å². The molecule has 0 radical (unpaired) electrons. The van der Waals surface area contributed by atoms with Crippen LogP contribution in [-0.4, -0.2) is 25.0 Å². The Balaban J connectivity index is 1.79. The highest BCUT2D eigenvalue weighted by molar-refractivity contribution is 6.37. The average molecular weight is 493 g/mol. The SMILES string of the molecule is CCC1(CC)CCCc2c(Oc3c(Cl)cc(-n4nc(N)c(=O)[nH]c4=O)cc3Cl)n[nH]c(=O)c21. The summed E-state index contributed by atoms with van der Waals surface area (Å²) < 4.78 is 6.87. The minimum atomic E-state index is -0.804. The Bertz CT molecular complexity index is 1380. The van der Waals surface area contributed by atoms with Crippen molar-refractivity contribution in [3.63, 3.8) is 0 Å². The van der Waals surface area contributed by atoms with Crippen LogP contribution >= 0.6 is 23.2 Å². The molecule has 0 saturated heterocycles. The van der Waals surface area contributed by atoms with Crippen LogP contribution in [0.1, 0.15) is 50.7 Å². The number of aromatic amines is 2. The molecule has 174 valence electrons. The van der Waals surface area contributed by atoms with Crippen LogP contribution in [-0.2, 0) is 11.8 Å². The van der Waals surface area contributed by atoms with Crippen molar-refractivity contribution in [2.24, 2.45) is 0 Å². The molecule has 1 aromatic carbocycles. The Morgan fingerprint density at radius 2 is 1.82 bits per heavy atom. The summed E-state index contributed by atoms with van der Waals surface area (Å²) in [6.45, 7) is 4.15. The van der Waals surface area contributed by atoms with E-state index in [0.717, 1.165) is 35.9 Å². The largest absolute Gasteiger partial charge is 0.434 e. The lowest BCUT2D eigenvalue weighted by atomic mass is 9.67. The second-order valence-electron chi connectivity index (χ2n) is 7.95. The van der Waals surface area contributed by atoms with Crippen molar-refractivity contribution in [2.45, 2.75) is 51.4 Å². The summed E-state index contributed by atoms with van der Waals surface area (Å²) in [7, 11) is 0. The van der Waals surface area contributed by atoms with Gasteiger partial charge in [-0.3, -0.25) is 14.6 Å². The molecule has 0 spiro atoms. The number of nitrogens with one attached hydrogen (secondary N) is 2. The number of fused-ring (bicyclic) bond motifs is 1. The number of rotatable bonds is 5. The Kier molecular flexibility index (Phi) is 6.06. The summed E-state index contributed by atoms with van der Waals surface area (Å²) in [5.74, 6) is -0.0456. The van der Waals surface area contributed by atoms with Crippen LogP contribution in [0.4, 0.5) is 5.82 Å². The van der Waals surface area contributed by atoms with E-state index in [1.54, 1.807) is 0 Å². The van der Waals surface area contributed by atoms with E-state index >= 15 is 0 Å². The van der Waals surface area contributed by atoms with Gasteiger partial charge in [-0.1, -0.05) is 37.0 Å². The summed E-state index contributed by atoms with van der Waals surface area (Å²) >= 11 is 12.9. The second kappa shape index (κ2) is 8.68. The molecule has 12 heteroatoms. The Labute approximate surface area is 197 Å². The first kappa shape index (κ1) is 23.1. The molecule has 33 heavy (non-hydrogen) atoms. The van der Waals surface area contributed by atoms with E-state index < -0.39 is 11.2 Å². The minimum Gasteiger partial charge on any atom is -0.434 e. The highest BCUT2D eigenvalue weighted by Crippen LogP contribution is 2.45. The van der Waals surface area contributed by atoms with Gasteiger partial charge in [-0.25, -0.2) is 9.89 Å². The molecule has 2 aromatic heterocycles. The van der Waals surface area contributed by atoms with Crippen molar-refractivity contribution in [2.75, 3.05) is 5.73 Å². The highest BCUT2D eigenvalue weighted by atomic mass is 35.5. The molecule has 1 aliphatic carbocycles. The number of anilines is 1. The molecular weight excluding hydrogens is 471 g/mol. The standard InChI is InChI=1S/C21H22Cl2N6O4/c1-3-21(4-2)7-5-6-11-14(21)17(30)26-27-19(11)33-15-12(22)8-10(9-13(15)23)29-20(32)25-18(31)16(24)28-29/h8-9H,3-7H2,1-2H3,(H2,24,28)(H,26,30)(H,25,31,32). The number of nitrogens with two attached hydrogens (primary N) is 1. The third-order valence-corrected chi connectivity index (χ3v) is 6.85. The lowest BCUT2D eigenvalue weighted by molar-refractivity contribution is 0.322. The molecule has 0 saturated carbocycles. The van der Waals surface area contributed by atoms with Gasteiger partial charge in [-0.05, 0) is 44.2 Å². The van der Waals surface area contributed by atoms with Crippen LogP contribution in [0, 0.1) is 0 Å². The maximum absolute atomic E-state index is 12.7. The number of benzene rings is 1. The maximum Gasteiger partial charge on any atom is 0.349 e. The minimum absolute atomic E-state index is 0.0748. The highest BCUT2D eigenvalue weighted by Gasteiger charge is 2.38. The van der Waals surface area contributed by atoms with Gasteiger partial charge in [0.25, 0.3) is 11.1 Å². The number of halogens is 2. The first-order valence-electron chi connectivity index (χ1n) is 10.5. The van der Waals surface area contributed by atoms with Crippen molar-refractivity contribution < 1.29 is 4.74 Å². The summed E-state index contributed by atoms with van der Waals surface area (Å²) in [5.41, 5.74) is 5.09. The van der Waals surface area contributed by atoms with E-state index in [2.05, 4.69) is 34.1 Å². The third kappa shape index (κ3) is 3.93. The monoisotopic (exact) mass is 492 g/mol. The van der Waals surface area contributed by atoms with Gasteiger partial charge in [0.15, 0.2) is 5.75 Å². The van der Waals surface area contributed by atoms with Gasteiger partial charge in [0.05, 0.1) is 15.7 Å². The number of H-pyrrole nitrogens is 2.